The largest absolute Gasteiger partial charge is 0.478 e. The third-order valence-corrected chi connectivity index (χ3v) is 4.95. The summed E-state index contributed by atoms with van der Waals surface area (Å²) in [5.74, 6) is -0.377. The molecule has 1 saturated heterocycles. The molecule has 0 radical (unpaired) electrons. The first kappa shape index (κ1) is 15.9. The van der Waals surface area contributed by atoms with Gasteiger partial charge in [-0.15, -0.1) is 0 Å². The molecule has 0 aliphatic carbocycles. The van der Waals surface area contributed by atoms with Gasteiger partial charge in [0.15, 0.2) is 0 Å². The van der Waals surface area contributed by atoms with Crippen molar-refractivity contribution in [3.05, 3.63) is 35.7 Å². The molecule has 0 amide bonds. The molecule has 1 heterocycles. The monoisotopic (exact) mass is 309 g/mol. The first-order valence-electron chi connectivity index (χ1n) is 6.97. The number of hydrogen-bond donors (Lipinski definition) is 1. The van der Waals surface area contributed by atoms with Crippen molar-refractivity contribution in [1.82, 2.24) is 0 Å². The van der Waals surface area contributed by atoms with Gasteiger partial charge in [-0.3, -0.25) is 0 Å². The van der Waals surface area contributed by atoms with Crippen LogP contribution in [0.2, 0.25) is 0 Å². The van der Waals surface area contributed by atoms with Crippen LogP contribution in [0.1, 0.15) is 25.8 Å². The van der Waals surface area contributed by atoms with Crippen LogP contribution in [-0.4, -0.2) is 34.7 Å². The third-order valence-electron chi connectivity index (χ3n) is 3.57. The van der Waals surface area contributed by atoms with Gasteiger partial charge < -0.3 is 10.0 Å². The van der Waals surface area contributed by atoms with E-state index in [-0.39, 0.29) is 10.6 Å². The van der Waals surface area contributed by atoms with Crippen molar-refractivity contribution in [2.75, 3.05) is 23.7 Å². The number of benzene rings is 1. The van der Waals surface area contributed by atoms with E-state index in [2.05, 4.69) is 18.7 Å². The summed E-state index contributed by atoms with van der Waals surface area (Å²) < 4.78 is 13.7. The number of halogens is 1. The Morgan fingerprint density at radius 3 is 2.90 bits per heavy atom. The smallest absolute Gasteiger partial charge is 0.328 e. The minimum Gasteiger partial charge on any atom is -0.478 e. The number of rotatable bonds is 3. The molecule has 1 aliphatic rings. The van der Waals surface area contributed by atoms with Crippen LogP contribution in [0.15, 0.2) is 24.3 Å². The molecule has 0 aromatic heterocycles. The molecule has 1 N–H and O–H groups in total. The van der Waals surface area contributed by atoms with E-state index in [9.17, 15) is 9.18 Å². The fourth-order valence-electron chi connectivity index (χ4n) is 2.37. The number of carboxylic acids is 1. The standard InChI is InChI=1S/C16H20FNO2S/c1-16(2)7-8-18(9-10-21-16)14-5-4-13(17)11-12(14)3-6-15(19)20/h3-6,11H,7-10H2,1-2H3,(H,19,20)/b6-3+. The zero-order valence-electron chi connectivity index (χ0n) is 12.3. The zero-order valence-corrected chi connectivity index (χ0v) is 13.1. The Kier molecular flexibility index (Phi) is 4.93. The first-order valence-corrected chi connectivity index (χ1v) is 7.95. The molecule has 0 saturated carbocycles. The maximum atomic E-state index is 13.4. The van der Waals surface area contributed by atoms with Crippen LogP contribution in [-0.2, 0) is 4.79 Å². The highest BCUT2D eigenvalue weighted by Crippen LogP contribution is 2.33. The van der Waals surface area contributed by atoms with E-state index < -0.39 is 5.97 Å². The Balaban J connectivity index is 2.28. The lowest BCUT2D eigenvalue weighted by Gasteiger charge is -2.25. The van der Waals surface area contributed by atoms with Crippen LogP contribution in [0, 0.1) is 5.82 Å². The van der Waals surface area contributed by atoms with E-state index >= 15 is 0 Å². The molecular weight excluding hydrogens is 289 g/mol. The Labute approximate surface area is 128 Å². The van der Waals surface area contributed by atoms with Gasteiger partial charge in [-0.2, -0.15) is 11.8 Å². The Bertz CT molecular complexity index is 557. The van der Waals surface area contributed by atoms with E-state index in [1.807, 2.05) is 11.8 Å². The third kappa shape index (κ3) is 4.49. The van der Waals surface area contributed by atoms with Crippen LogP contribution >= 0.6 is 11.8 Å². The summed E-state index contributed by atoms with van der Waals surface area (Å²) in [5, 5.41) is 8.76. The van der Waals surface area contributed by atoms with Gasteiger partial charge in [0.05, 0.1) is 0 Å². The molecule has 1 aromatic carbocycles. The molecule has 1 fully saturated rings. The minimum absolute atomic E-state index is 0.242. The van der Waals surface area contributed by atoms with Crippen molar-refractivity contribution in [3.63, 3.8) is 0 Å². The first-order chi connectivity index (χ1) is 9.87. The average molecular weight is 309 g/mol. The number of carboxylic acid groups (broad SMARTS) is 1. The molecule has 1 aromatic rings. The summed E-state index contributed by atoms with van der Waals surface area (Å²) in [5.41, 5.74) is 1.51. The fourth-order valence-corrected chi connectivity index (χ4v) is 3.47. The van der Waals surface area contributed by atoms with Crippen LogP contribution in [0.25, 0.3) is 6.08 Å². The van der Waals surface area contributed by atoms with E-state index in [0.29, 0.717) is 5.56 Å². The van der Waals surface area contributed by atoms with E-state index in [1.54, 1.807) is 6.07 Å². The molecule has 2 rings (SSSR count). The lowest BCUT2D eigenvalue weighted by molar-refractivity contribution is -0.131. The van der Waals surface area contributed by atoms with E-state index in [4.69, 9.17) is 5.11 Å². The van der Waals surface area contributed by atoms with Crippen LogP contribution in [0.3, 0.4) is 0 Å². The lowest BCUT2D eigenvalue weighted by Crippen LogP contribution is -2.27. The second-order valence-corrected chi connectivity index (χ2v) is 7.52. The second-order valence-electron chi connectivity index (χ2n) is 5.72. The number of nitrogens with zero attached hydrogens (tertiary/aromatic N) is 1. The van der Waals surface area contributed by atoms with Gasteiger partial charge in [0.2, 0.25) is 0 Å². The molecule has 0 atom stereocenters. The topological polar surface area (TPSA) is 40.5 Å². The Hall–Kier alpha value is -1.49. The molecule has 21 heavy (non-hydrogen) atoms. The van der Waals surface area contributed by atoms with E-state index in [1.165, 1.54) is 18.2 Å². The van der Waals surface area contributed by atoms with E-state index in [0.717, 1.165) is 37.0 Å². The van der Waals surface area contributed by atoms with Crippen molar-refractivity contribution < 1.29 is 14.3 Å². The number of carbonyl (C=O) groups is 1. The number of aliphatic carboxylic acids is 1. The van der Waals surface area contributed by atoms with Gasteiger partial charge in [0, 0.05) is 40.9 Å². The van der Waals surface area contributed by atoms with Gasteiger partial charge in [0.25, 0.3) is 0 Å². The van der Waals surface area contributed by atoms with Crippen molar-refractivity contribution in [3.8, 4) is 0 Å². The molecule has 3 nitrogen and oxygen atoms in total. The predicted octanol–water partition coefficient (Wildman–Crippen LogP) is 3.65. The van der Waals surface area contributed by atoms with Gasteiger partial charge >= 0.3 is 5.97 Å². The highest BCUT2D eigenvalue weighted by atomic mass is 32.2. The van der Waals surface area contributed by atoms with Gasteiger partial charge in [-0.05, 0) is 30.7 Å². The van der Waals surface area contributed by atoms with Gasteiger partial charge in [-0.25, -0.2) is 9.18 Å². The van der Waals surface area contributed by atoms with Gasteiger partial charge in [0.1, 0.15) is 5.82 Å². The summed E-state index contributed by atoms with van der Waals surface area (Å²) in [7, 11) is 0. The maximum Gasteiger partial charge on any atom is 0.328 e. The average Bonchev–Trinajstić information content (AvgIpc) is 2.57. The molecule has 0 bridgehead atoms. The quantitative estimate of drug-likeness (QED) is 0.865. The van der Waals surface area contributed by atoms with Crippen LogP contribution in [0.4, 0.5) is 10.1 Å². The van der Waals surface area contributed by atoms with Crippen molar-refractivity contribution >= 4 is 29.5 Å². The second kappa shape index (κ2) is 6.52. The molecular formula is C16H20FNO2S. The molecule has 114 valence electrons. The summed E-state index contributed by atoms with van der Waals surface area (Å²) in [4.78, 5) is 12.9. The van der Waals surface area contributed by atoms with Gasteiger partial charge in [-0.1, -0.05) is 13.8 Å². The molecule has 0 unspecified atom stereocenters. The molecule has 5 heteroatoms. The van der Waals surface area contributed by atoms with Crippen molar-refractivity contribution in [1.29, 1.82) is 0 Å². The van der Waals surface area contributed by atoms with Crippen LogP contribution < -0.4 is 4.90 Å². The lowest BCUT2D eigenvalue weighted by atomic mass is 10.1. The fraction of sp³-hybridized carbons (Fsp3) is 0.438. The Morgan fingerprint density at radius 2 is 2.19 bits per heavy atom. The summed E-state index contributed by atoms with van der Waals surface area (Å²) in [6, 6.07) is 4.55. The molecule has 1 aliphatic heterocycles. The summed E-state index contributed by atoms with van der Waals surface area (Å²) in [6.45, 7) is 6.24. The van der Waals surface area contributed by atoms with Crippen LogP contribution in [0.5, 0.6) is 0 Å². The van der Waals surface area contributed by atoms with Crippen molar-refractivity contribution in [2.45, 2.75) is 25.0 Å². The normalized spacial score (nSPS) is 18.7. The SMILES string of the molecule is CC1(C)CCN(c2ccc(F)cc2/C=C/C(=O)O)CCS1. The summed E-state index contributed by atoms with van der Waals surface area (Å²) in [6.07, 6.45) is 3.55. The number of hydrogen-bond acceptors (Lipinski definition) is 3. The maximum absolute atomic E-state index is 13.4. The highest BCUT2D eigenvalue weighted by Gasteiger charge is 2.24. The summed E-state index contributed by atoms with van der Waals surface area (Å²) >= 11 is 1.94. The highest BCUT2D eigenvalue weighted by molar-refractivity contribution is 8.00. The number of thioether (sulfide) groups is 1. The predicted molar refractivity (Wildman–Crippen MR) is 86.4 cm³/mol. The Morgan fingerprint density at radius 1 is 1.43 bits per heavy atom. The molecule has 0 spiro atoms. The zero-order chi connectivity index (χ0) is 15.5. The minimum atomic E-state index is -1.03. The van der Waals surface area contributed by atoms with Crippen molar-refractivity contribution in [2.24, 2.45) is 0 Å². The number of anilines is 1.